The van der Waals surface area contributed by atoms with Crippen LogP contribution >= 0.6 is 11.3 Å². The lowest BCUT2D eigenvalue weighted by Gasteiger charge is -2.13. The fourth-order valence-electron chi connectivity index (χ4n) is 2.64. The smallest absolute Gasteiger partial charge is 0.422 e. The minimum Gasteiger partial charge on any atom is -0.484 e. The van der Waals surface area contributed by atoms with Gasteiger partial charge in [-0.05, 0) is 19.9 Å². The normalized spacial score (nSPS) is 11.2. The third-order valence-electron chi connectivity index (χ3n) is 3.92. The Labute approximate surface area is 174 Å². The van der Waals surface area contributed by atoms with Crippen LogP contribution in [0.25, 0.3) is 21.8 Å². The molecule has 0 aliphatic heterocycles. The molecule has 6 nitrogen and oxygen atoms in total. The first kappa shape index (κ1) is 21.6. The van der Waals surface area contributed by atoms with Gasteiger partial charge in [0, 0.05) is 17.3 Å². The van der Waals surface area contributed by atoms with Crippen molar-refractivity contribution in [3.05, 3.63) is 48.2 Å². The number of hydrogen-bond donors (Lipinski definition) is 1. The number of benzene rings is 1. The van der Waals surface area contributed by atoms with Crippen LogP contribution in [-0.2, 0) is 4.74 Å². The lowest BCUT2D eigenvalue weighted by molar-refractivity contribution is -0.153. The number of rotatable bonds is 6. The highest BCUT2D eigenvalue weighted by Gasteiger charge is 2.29. The van der Waals surface area contributed by atoms with Crippen LogP contribution in [0.1, 0.15) is 12.5 Å². The van der Waals surface area contributed by atoms with Crippen molar-refractivity contribution in [1.29, 1.82) is 0 Å². The number of pyridine rings is 1. The van der Waals surface area contributed by atoms with Crippen LogP contribution in [0.5, 0.6) is 5.75 Å². The number of amides is 1. The van der Waals surface area contributed by atoms with Crippen LogP contribution in [0.3, 0.4) is 0 Å². The van der Waals surface area contributed by atoms with Crippen LogP contribution in [0.15, 0.2) is 42.6 Å². The SMILES string of the molecule is CCOC(=O)Nc1nc(-c2ccccc2)c(-c2nccc(OCC(F)(F)F)c2C)s1. The summed E-state index contributed by atoms with van der Waals surface area (Å²) >= 11 is 1.14. The highest BCUT2D eigenvalue weighted by atomic mass is 32.1. The van der Waals surface area contributed by atoms with Crippen molar-refractivity contribution in [2.75, 3.05) is 18.5 Å². The summed E-state index contributed by atoms with van der Waals surface area (Å²) in [7, 11) is 0. The lowest BCUT2D eigenvalue weighted by atomic mass is 10.1. The molecule has 0 aliphatic rings. The Balaban J connectivity index is 2.04. The quantitative estimate of drug-likeness (QED) is 0.536. The number of alkyl halides is 3. The Morgan fingerprint density at radius 2 is 1.90 bits per heavy atom. The lowest BCUT2D eigenvalue weighted by Crippen LogP contribution is -2.19. The van der Waals surface area contributed by atoms with Crippen LogP contribution in [-0.4, -0.2) is 35.5 Å². The topological polar surface area (TPSA) is 73.3 Å². The van der Waals surface area contributed by atoms with E-state index in [1.807, 2.05) is 30.3 Å². The van der Waals surface area contributed by atoms with E-state index in [9.17, 15) is 18.0 Å². The maximum Gasteiger partial charge on any atom is 0.422 e. The number of aromatic nitrogens is 2. The molecule has 0 fully saturated rings. The van der Waals surface area contributed by atoms with Gasteiger partial charge >= 0.3 is 12.3 Å². The van der Waals surface area contributed by atoms with E-state index in [0.717, 1.165) is 16.9 Å². The van der Waals surface area contributed by atoms with Gasteiger partial charge in [-0.25, -0.2) is 9.78 Å². The van der Waals surface area contributed by atoms with Gasteiger partial charge in [0.25, 0.3) is 0 Å². The molecule has 1 aromatic carbocycles. The summed E-state index contributed by atoms with van der Waals surface area (Å²) in [6.45, 7) is 2.11. The molecule has 158 valence electrons. The van der Waals surface area contributed by atoms with Crippen LogP contribution in [0, 0.1) is 6.92 Å². The van der Waals surface area contributed by atoms with Crippen molar-refractivity contribution in [3.63, 3.8) is 0 Å². The van der Waals surface area contributed by atoms with Crippen LogP contribution in [0.4, 0.5) is 23.1 Å². The van der Waals surface area contributed by atoms with Gasteiger partial charge in [0.1, 0.15) is 5.75 Å². The predicted octanol–water partition coefficient (Wildman–Crippen LogP) is 5.69. The number of carbonyl (C=O) groups is 1. The van der Waals surface area contributed by atoms with Gasteiger partial charge in [0.2, 0.25) is 0 Å². The van der Waals surface area contributed by atoms with E-state index in [1.165, 1.54) is 12.3 Å². The fourth-order valence-corrected chi connectivity index (χ4v) is 3.67. The van der Waals surface area contributed by atoms with Gasteiger partial charge in [-0.1, -0.05) is 41.7 Å². The fraction of sp³-hybridized carbons (Fsp3) is 0.250. The largest absolute Gasteiger partial charge is 0.484 e. The molecule has 1 N–H and O–H groups in total. The number of anilines is 1. The Morgan fingerprint density at radius 1 is 1.17 bits per heavy atom. The molecule has 0 bridgehead atoms. The van der Waals surface area contributed by atoms with E-state index in [-0.39, 0.29) is 17.5 Å². The average molecular weight is 437 g/mol. The van der Waals surface area contributed by atoms with Crippen molar-refractivity contribution in [2.24, 2.45) is 0 Å². The highest BCUT2D eigenvalue weighted by molar-refractivity contribution is 7.19. The molecule has 0 unspecified atom stereocenters. The number of nitrogens with one attached hydrogen (secondary N) is 1. The molecule has 3 rings (SSSR count). The number of hydrogen-bond acceptors (Lipinski definition) is 6. The van der Waals surface area contributed by atoms with Gasteiger partial charge in [-0.3, -0.25) is 10.3 Å². The monoisotopic (exact) mass is 437 g/mol. The third-order valence-corrected chi connectivity index (χ3v) is 4.90. The molecule has 0 saturated carbocycles. The van der Waals surface area contributed by atoms with E-state index in [0.29, 0.717) is 21.8 Å². The number of halogens is 3. The maximum atomic E-state index is 12.6. The Bertz CT molecular complexity index is 1020. The summed E-state index contributed by atoms with van der Waals surface area (Å²) < 4.78 is 47.5. The molecule has 30 heavy (non-hydrogen) atoms. The molecule has 1 amide bonds. The molecule has 0 aliphatic carbocycles. The van der Waals surface area contributed by atoms with Gasteiger partial charge < -0.3 is 9.47 Å². The molecule has 0 atom stereocenters. The van der Waals surface area contributed by atoms with Crippen molar-refractivity contribution in [2.45, 2.75) is 20.0 Å². The van der Waals surface area contributed by atoms with Gasteiger partial charge in [-0.15, -0.1) is 0 Å². The molecule has 3 aromatic rings. The average Bonchev–Trinajstić information content (AvgIpc) is 3.10. The number of thiazole rings is 1. The zero-order chi connectivity index (χ0) is 21.7. The standard InChI is InChI=1S/C20H18F3N3O3S/c1-3-28-19(27)26-18-25-16(13-7-5-4-6-8-13)17(30-18)15-12(2)14(9-10-24-15)29-11-20(21,22)23/h4-10H,3,11H2,1-2H3,(H,25,26,27). The van der Waals surface area contributed by atoms with Gasteiger partial charge in [0.15, 0.2) is 11.7 Å². The van der Waals surface area contributed by atoms with E-state index in [4.69, 9.17) is 9.47 Å². The summed E-state index contributed by atoms with van der Waals surface area (Å²) in [6, 6.07) is 10.6. The Hall–Kier alpha value is -3.14. The maximum absolute atomic E-state index is 12.6. The summed E-state index contributed by atoms with van der Waals surface area (Å²) in [5, 5.41) is 2.84. The first-order valence-electron chi connectivity index (χ1n) is 8.94. The first-order chi connectivity index (χ1) is 14.3. The molecule has 0 radical (unpaired) electrons. The van der Waals surface area contributed by atoms with Crippen molar-refractivity contribution < 1.29 is 27.4 Å². The predicted molar refractivity (Wildman–Crippen MR) is 108 cm³/mol. The zero-order valence-corrected chi connectivity index (χ0v) is 16.9. The van der Waals surface area contributed by atoms with E-state index in [1.54, 1.807) is 13.8 Å². The summed E-state index contributed by atoms with van der Waals surface area (Å²) in [5.41, 5.74) is 2.16. The summed E-state index contributed by atoms with van der Waals surface area (Å²) in [6.07, 6.45) is -3.72. The molecule has 0 spiro atoms. The van der Waals surface area contributed by atoms with Crippen molar-refractivity contribution in [3.8, 4) is 27.6 Å². The van der Waals surface area contributed by atoms with Crippen LogP contribution < -0.4 is 10.1 Å². The molecule has 0 saturated heterocycles. The summed E-state index contributed by atoms with van der Waals surface area (Å²) in [4.78, 5) is 21.2. The summed E-state index contributed by atoms with van der Waals surface area (Å²) in [5.74, 6) is 0.0737. The Morgan fingerprint density at radius 3 is 2.57 bits per heavy atom. The van der Waals surface area contributed by atoms with E-state index < -0.39 is 18.9 Å². The second-order valence-corrected chi connectivity index (χ2v) is 7.09. The first-order valence-corrected chi connectivity index (χ1v) is 9.75. The minimum atomic E-state index is -4.45. The molecule has 10 heteroatoms. The number of ether oxygens (including phenoxy) is 2. The molecule has 2 aromatic heterocycles. The minimum absolute atomic E-state index is 0.0737. The molecular formula is C20H18F3N3O3S. The van der Waals surface area contributed by atoms with E-state index >= 15 is 0 Å². The van der Waals surface area contributed by atoms with Crippen molar-refractivity contribution in [1.82, 2.24) is 9.97 Å². The molecule has 2 heterocycles. The second kappa shape index (κ2) is 9.12. The third kappa shape index (κ3) is 5.26. The number of nitrogens with zero attached hydrogens (tertiary/aromatic N) is 2. The molecular weight excluding hydrogens is 419 g/mol. The highest BCUT2D eigenvalue weighted by Crippen LogP contribution is 2.41. The van der Waals surface area contributed by atoms with Gasteiger partial charge in [0.05, 0.1) is 22.9 Å². The van der Waals surface area contributed by atoms with E-state index in [2.05, 4.69) is 15.3 Å². The van der Waals surface area contributed by atoms with Crippen LogP contribution in [0.2, 0.25) is 0 Å². The second-order valence-electron chi connectivity index (χ2n) is 6.09. The van der Waals surface area contributed by atoms with Gasteiger partial charge in [-0.2, -0.15) is 13.2 Å². The van der Waals surface area contributed by atoms with Crippen molar-refractivity contribution >= 4 is 22.6 Å². The number of carbonyl (C=O) groups excluding carboxylic acids is 1. The Kier molecular flexibility index (Phi) is 6.56. The zero-order valence-electron chi connectivity index (χ0n) is 16.1.